The molecule has 13 heavy (non-hydrogen) atoms. The summed E-state index contributed by atoms with van der Waals surface area (Å²) in [5.74, 6) is 5.03. The molecule has 1 aromatic rings. The van der Waals surface area contributed by atoms with Crippen LogP contribution in [-0.2, 0) is 10.1 Å². The van der Waals surface area contributed by atoms with Gasteiger partial charge in [0.2, 0.25) is 0 Å². The Hall–Kier alpha value is -0.820. The van der Waals surface area contributed by atoms with E-state index in [0.717, 1.165) is 6.07 Å². The lowest BCUT2D eigenvalue weighted by Crippen LogP contribution is -2.11. The van der Waals surface area contributed by atoms with Crippen molar-refractivity contribution in [2.24, 2.45) is 5.84 Å². The van der Waals surface area contributed by atoms with Crippen LogP contribution < -0.4 is 11.3 Å². The predicted octanol–water partition coefficient (Wildman–Crippen LogP) is 0.872. The average Bonchev–Trinajstić information content (AvgIpc) is 2.03. The summed E-state index contributed by atoms with van der Waals surface area (Å²) < 4.78 is 30.3. The Morgan fingerprint density at radius 3 is 2.54 bits per heavy atom. The molecule has 0 aliphatic carbocycles. The largest absolute Gasteiger partial charge is 0.323 e. The Bertz CT molecular complexity index is 418. The molecule has 0 aromatic heterocycles. The minimum atomic E-state index is -4.30. The number of hydrazine groups is 1. The van der Waals surface area contributed by atoms with Gasteiger partial charge in [0, 0.05) is 5.02 Å². The summed E-state index contributed by atoms with van der Waals surface area (Å²) >= 11 is 5.54. The molecule has 0 saturated heterocycles. The van der Waals surface area contributed by atoms with Crippen molar-refractivity contribution in [3.63, 3.8) is 0 Å². The number of nitrogens with one attached hydrogen (secondary N) is 1. The van der Waals surface area contributed by atoms with Gasteiger partial charge in [0.25, 0.3) is 10.1 Å². The lowest BCUT2D eigenvalue weighted by Gasteiger charge is -2.05. The molecule has 0 amide bonds. The molecule has 0 fully saturated rings. The lowest BCUT2D eigenvalue weighted by atomic mass is 10.3. The molecule has 0 aliphatic rings. The summed E-state index contributed by atoms with van der Waals surface area (Å²) in [7, 11) is -4.30. The van der Waals surface area contributed by atoms with E-state index in [2.05, 4.69) is 5.43 Å². The Kier molecular flexibility index (Phi) is 2.77. The van der Waals surface area contributed by atoms with Crippen molar-refractivity contribution in [2.75, 3.05) is 5.43 Å². The first kappa shape index (κ1) is 10.3. The summed E-state index contributed by atoms with van der Waals surface area (Å²) in [6.07, 6.45) is 0. The molecule has 0 heterocycles. The highest BCUT2D eigenvalue weighted by Crippen LogP contribution is 2.23. The van der Waals surface area contributed by atoms with Crippen LogP contribution in [0.25, 0.3) is 0 Å². The molecular formula is C6H7ClN2O3S. The fraction of sp³-hybridized carbons (Fsp3) is 0. The first-order chi connectivity index (χ1) is 5.95. The van der Waals surface area contributed by atoms with Crippen LogP contribution in [0, 0.1) is 0 Å². The summed E-state index contributed by atoms with van der Waals surface area (Å²) in [6.45, 7) is 0. The monoisotopic (exact) mass is 222 g/mol. The van der Waals surface area contributed by atoms with E-state index in [9.17, 15) is 8.42 Å². The first-order valence-corrected chi connectivity index (χ1v) is 5.00. The Morgan fingerprint density at radius 2 is 2.08 bits per heavy atom. The lowest BCUT2D eigenvalue weighted by molar-refractivity contribution is 0.483. The van der Waals surface area contributed by atoms with Crippen LogP contribution in [0.3, 0.4) is 0 Å². The van der Waals surface area contributed by atoms with E-state index < -0.39 is 10.1 Å². The zero-order valence-corrected chi connectivity index (χ0v) is 7.93. The minimum Gasteiger partial charge on any atom is -0.323 e. The van der Waals surface area contributed by atoms with Crippen molar-refractivity contribution in [3.8, 4) is 0 Å². The van der Waals surface area contributed by atoms with Gasteiger partial charge >= 0.3 is 0 Å². The standard InChI is InChI=1S/C6H7ClN2O3S/c7-4-1-2-5(9-8)6(3-4)13(10,11)12/h1-3,9H,8H2,(H,10,11,12). The molecule has 0 unspecified atom stereocenters. The van der Waals surface area contributed by atoms with E-state index in [1.54, 1.807) is 0 Å². The van der Waals surface area contributed by atoms with Crippen LogP contribution in [0.1, 0.15) is 0 Å². The average molecular weight is 223 g/mol. The molecule has 72 valence electrons. The van der Waals surface area contributed by atoms with E-state index in [1.165, 1.54) is 12.1 Å². The van der Waals surface area contributed by atoms with Gasteiger partial charge in [-0.25, -0.2) is 0 Å². The molecule has 7 heteroatoms. The van der Waals surface area contributed by atoms with Crippen LogP contribution in [-0.4, -0.2) is 13.0 Å². The van der Waals surface area contributed by atoms with Gasteiger partial charge < -0.3 is 5.43 Å². The highest BCUT2D eigenvalue weighted by molar-refractivity contribution is 7.86. The van der Waals surface area contributed by atoms with Gasteiger partial charge in [0.15, 0.2) is 0 Å². The third kappa shape index (κ3) is 2.31. The third-order valence-electron chi connectivity index (χ3n) is 1.38. The van der Waals surface area contributed by atoms with E-state index in [1.807, 2.05) is 0 Å². The van der Waals surface area contributed by atoms with Crippen LogP contribution in [0.4, 0.5) is 5.69 Å². The maximum atomic E-state index is 10.8. The number of nitrogens with two attached hydrogens (primary N) is 1. The van der Waals surface area contributed by atoms with Gasteiger partial charge in [-0.15, -0.1) is 0 Å². The minimum absolute atomic E-state index is 0.0897. The normalized spacial score (nSPS) is 11.3. The number of benzene rings is 1. The number of halogens is 1. The fourth-order valence-corrected chi connectivity index (χ4v) is 1.75. The smallest absolute Gasteiger partial charge is 0.296 e. The Balaban J connectivity index is 3.41. The van der Waals surface area contributed by atoms with Crippen LogP contribution in [0.5, 0.6) is 0 Å². The summed E-state index contributed by atoms with van der Waals surface area (Å²) in [5, 5.41) is 0.201. The fourth-order valence-electron chi connectivity index (χ4n) is 0.829. The van der Waals surface area contributed by atoms with E-state index in [0.29, 0.717) is 0 Å². The van der Waals surface area contributed by atoms with Gasteiger partial charge in [-0.2, -0.15) is 8.42 Å². The van der Waals surface area contributed by atoms with Gasteiger partial charge in [-0.3, -0.25) is 10.4 Å². The molecule has 0 atom stereocenters. The highest BCUT2D eigenvalue weighted by atomic mass is 35.5. The summed E-state index contributed by atoms with van der Waals surface area (Å²) in [4.78, 5) is -0.345. The zero-order valence-electron chi connectivity index (χ0n) is 6.36. The van der Waals surface area contributed by atoms with Crippen LogP contribution in [0.15, 0.2) is 23.1 Å². The Labute approximate surface area is 80.2 Å². The SMILES string of the molecule is NNc1ccc(Cl)cc1S(=O)(=O)O. The molecule has 1 aromatic carbocycles. The molecular weight excluding hydrogens is 216 g/mol. The van der Waals surface area contributed by atoms with Crippen molar-refractivity contribution in [1.82, 2.24) is 0 Å². The van der Waals surface area contributed by atoms with E-state index >= 15 is 0 Å². The molecule has 5 nitrogen and oxygen atoms in total. The van der Waals surface area contributed by atoms with Crippen LogP contribution in [0.2, 0.25) is 5.02 Å². The molecule has 1 rings (SSSR count). The summed E-state index contributed by atoms with van der Waals surface area (Å²) in [5.41, 5.74) is 2.22. The van der Waals surface area contributed by atoms with E-state index in [4.69, 9.17) is 22.0 Å². The number of rotatable bonds is 2. The molecule has 0 spiro atoms. The molecule has 4 N–H and O–H groups in total. The zero-order chi connectivity index (χ0) is 10.1. The maximum Gasteiger partial charge on any atom is 0.296 e. The van der Waals surface area contributed by atoms with Gasteiger partial charge in [-0.1, -0.05) is 11.6 Å². The number of hydrogen-bond donors (Lipinski definition) is 3. The second-order valence-corrected chi connectivity index (χ2v) is 4.09. The van der Waals surface area contributed by atoms with Crippen molar-refractivity contribution in [1.29, 1.82) is 0 Å². The van der Waals surface area contributed by atoms with Crippen molar-refractivity contribution in [2.45, 2.75) is 4.90 Å². The van der Waals surface area contributed by atoms with Gasteiger partial charge in [0.1, 0.15) is 4.90 Å². The molecule has 0 aliphatic heterocycles. The molecule has 0 saturated carbocycles. The molecule has 0 radical (unpaired) electrons. The van der Waals surface area contributed by atoms with Gasteiger partial charge in [0.05, 0.1) is 5.69 Å². The number of nitrogen functional groups attached to an aromatic ring is 1. The van der Waals surface area contributed by atoms with Crippen molar-refractivity contribution >= 4 is 27.4 Å². The van der Waals surface area contributed by atoms with Gasteiger partial charge in [-0.05, 0) is 18.2 Å². The second kappa shape index (κ2) is 3.51. The topological polar surface area (TPSA) is 92.4 Å². The van der Waals surface area contributed by atoms with Crippen molar-refractivity contribution < 1.29 is 13.0 Å². The van der Waals surface area contributed by atoms with Crippen molar-refractivity contribution in [3.05, 3.63) is 23.2 Å². The summed E-state index contributed by atoms with van der Waals surface area (Å²) in [6, 6.07) is 3.91. The predicted molar refractivity (Wildman–Crippen MR) is 49.1 cm³/mol. The van der Waals surface area contributed by atoms with Crippen LogP contribution >= 0.6 is 11.6 Å². The molecule has 0 bridgehead atoms. The number of anilines is 1. The van der Waals surface area contributed by atoms with E-state index in [-0.39, 0.29) is 15.6 Å². The second-order valence-electron chi connectivity index (χ2n) is 2.26. The number of hydrogen-bond acceptors (Lipinski definition) is 4. The quantitative estimate of drug-likeness (QED) is 0.392. The third-order valence-corrected chi connectivity index (χ3v) is 2.51. The Morgan fingerprint density at radius 1 is 1.46 bits per heavy atom. The highest BCUT2D eigenvalue weighted by Gasteiger charge is 2.14. The maximum absolute atomic E-state index is 10.8. The first-order valence-electron chi connectivity index (χ1n) is 3.19.